The molecule has 0 aliphatic carbocycles. The highest BCUT2D eigenvalue weighted by Gasteiger charge is 2.46. The van der Waals surface area contributed by atoms with Gasteiger partial charge in [-0.1, -0.05) is 30.3 Å². The van der Waals surface area contributed by atoms with Crippen molar-refractivity contribution in [2.45, 2.75) is 43.7 Å². The summed E-state index contributed by atoms with van der Waals surface area (Å²) in [6.07, 6.45) is 2.07. The minimum atomic E-state index is -0.953. The summed E-state index contributed by atoms with van der Waals surface area (Å²) in [6.45, 7) is 2.31. The van der Waals surface area contributed by atoms with Crippen LogP contribution in [0.3, 0.4) is 0 Å². The predicted molar refractivity (Wildman–Crippen MR) is 113 cm³/mol. The SMILES string of the molecule is O=C(N[C@@]1(c2ccccc2)CCN(C(=O)CN2CCCC2=O)C[C@H]1O)C1CCOCC1. The van der Waals surface area contributed by atoms with E-state index in [0.717, 1.165) is 12.0 Å². The molecule has 3 saturated heterocycles. The van der Waals surface area contributed by atoms with Crippen molar-refractivity contribution in [1.29, 1.82) is 0 Å². The van der Waals surface area contributed by atoms with E-state index in [4.69, 9.17) is 4.74 Å². The van der Waals surface area contributed by atoms with E-state index in [9.17, 15) is 19.5 Å². The van der Waals surface area contributed by atoms with E-state index >= 15 is 0 Å². The molecule has 0 aromatic heterocycles. The highest BCUT2D eigenvalue weighted by Crippen LogP contribution is 2.34. The maximum absolute atomic E-state index is 13.1. The molecule has 8 nitrogen and oxygen atoms in total. The monoisotopic (exact) mass is 429 g/mol. The van der Waals surface area contributed by atoms with Gasteiger partial charge in [-0.05, 0) is 31.2 Å². The molecule has 3 heterocycles. The van der Waals surface area contributed by atoms with Crippen molar-refractivity contribution in [3.8, 4) is 0 Å². The molecule has 31 heavy (non-hydrogen) atoms. The van der Waals surface area contributed by atoms with Crippen molar-refractivity contribution < 1.29 is 24.2 Å². The maximum atomic E-state index is 13.1. The summed E-state index contributed by atoms with van der Waals surface area (Å²) in [5.74, 6) is -0.365. The lowest BCUT2D eigenvalue weighted by molar-refractivity contribution is -0.144. The van der Waals surface area contributed by atoms with Gasteiger partial charge < -0.3 is 25.0 Å². The summed E-state index contributed by atoms with van der Waals surface area (Å²) in [6, 6.07) is 9.50. The van der Waals surface area contributed by atoms with Crippen LogP contribution in [-0.4, -0.2) is 78.1 Å². The Balaban J connectivity index is 1.49. The van der Waals surface area contributed by atoms with Gasteiger partial charge in [0.15, 0.2) is 0 Å². The lowest BCUT2D eigenvalue weighted by atomic mass is 9.78. The Morgan fingerprint density at radius 2 is 1.90 bits per heavy atom. The Hall–Kier alpha value is -2.45. The molecular formula is C23H31N3O5. The van der Waals surface area contributed by atoms with Gasteiger partial charge in [-0.2, -0.15) is 0 Å². The number of rotatable bonds is 5. The Morgan fingerprint density at radius 3 is 2.55 bits per heavy atom. The predicted octanol–water partition coefficient (Wildman–Crippen LogP) is 0.640. The van der Waals surface area contributed by atoms with Crippen LogP contribution in [0.5, 0.6) is 0 Å². The number of nitrogens with one attached hydrogen (secondary N) is 1. The first-order valence-corrected chi connectivity index (χ1v) is 11.2. The van der Waals surface area contributed by atoms with Gasteiger partial charge in [0.2, 0.25) is 17.7 Å². The zero-order valence-electron chi connectivity index (χ0n) is 17.8. The third-order valence-corrected chi connectivity index (χ3v) is 6.82. The van der Waals surface area contributed by atoms with Crippen LogP contribution in [0.4, 0.5) is 0 Å². The van der Waals surface area contributed by atoms with Gasteiger partial charge in [-0.15, -0.1) is 0 Å². The van der Waals surface area contributed by atoms with Crippen molar-refractivity contribution in [1.82, 2.24) is 15.1 Å². The van der Waals surface area contributed by atoms with E-state index < -0.39 is 11.6 Å². The van der Waals surface area contributed by atoms with Crippen molar-refractivity contribution in [3.05, 3.63) is 35.9 Å². The van der Waals surface area contributed by atoms with Crippen LogP contribution in [-0.2, 0) is 24.7 Å². The molecule has 3 fully saturated rings. The van der Waals surface area contributed by atoms with Gasteiger partial charge in [0.1, 0.15) is 0 Å². The number of β-amino-alcohol motifs (C(OH)–C–C–N with tert-alkyl or cyclic N) is 1. The van der Waals surface area contributed by atoms with Gasteiger partial charge in [-0.25, -0.2) is 0 Å². The molecule has 1 aromatic carbocycles. The van der Waals surface area contributed by atoms with Crippen LogP contribution in [0, 0.1) is 5.92 Å². The summed E-state index contributed by atoms with van der Waals surface area (Å²) in [7, 11) is 0. The fraction of sp³-hybridized carbons (Fsp3) is 0.609. The van der Waals surface area contributed by atoms with Gasteiger partial charge in [0.05, 0.1) is 18.2 Å². The molecule has 0 spiro atoms. The summed E-state index contributed by atoms with van der Waals surface area (Å²) < 4.78 is 5.37. The van der Waals surface area contributed by atoms with Crippen molar-refractivity contribution in [2.75, 3.05) is 39.4 Å². The van der Waals surface area contributed by atoms with E-state index in [1.807, 2.05) is 30.3 Å². The Kier molecular flexibility index (Phi) is 6.57. The van der Waals surface area contributed by atoms with Crippen molar-refractivity contribution in [3.63, 3.8) is 0 Å². The van der Waals surface area contributed by atoms with Crippen LogP contribution in [0.15, 0.2) is 30.3 Å². The first-order valence-electron chi connectivity index (χ1n) is 11.2. The van der Waals surface area contributed by atoms with Crippen LogP contribution < -0.4 is 5.32 Å². The Bertz CT molecular complexity index is 811. The van der Waals surface area contributed by atoms with E-state index in [1.54, 1.807) is 9.80 Å². The third kappa shape index (κ3) is 4.60. The van der Waals surface area contributed by atoms with E-state index in [2.05, 4.69) is 5.32 Å². The van der Waals surface area contributed by atoms with E-state index in [-0.39, 0.29) is 36.7 Å². The third-order valence-electron chi connectivity index (χ3n) is 6.82. The number of nitrogens with zero attached hydrogens (tertiary/aromatic N) is 2. The normalized spacial score (nSPS) is 27.4. The number of benzene rings is 1. The Labute approximate surface area is 182 Å². The number of carbonyl (C=O) groups is 3. The van der Waals surface area contributed by atoms with Crippen molar-refractivity contribution >= 4 is 17.7 Å². The fourth-order valence-electron chi connectivity index (χ4n) is 4.87. The van der Waals surface area contributed by atoms with Crippen LogP contribution in [0.1, 0.15) is 37.7 Å². The lowest BCUT2D eigenvalue weighted by Crippen LogP contribution is -2.64. The second-order valence-corrected chi connectivity index (χ2v) is 8.74. The molecule has 0 unspecified atom stereocenters. The number of hydrogen-bond donors (Lipinski definition) is 2. The first kappa shape index (κ1) is 21.8. The molecular weight excluding hydrogens is 398 g/mol. The van der Waals surface area contributed by atoms with Crippen LogP contribution >= 0.6 is 0 Å². The van der Waals surface area contributed by atoms with Crippen molar-refractivity contribution in [2.24, 2.45) is 5.92 Å². The average molecular weight is 430 g/mol. The molecule has 0 radical (unpaired) electrons. The number of likely N-dealkylation sites (tertiary alicyclic amines) is 2. The van der Waals surface area contributed by atoms with Gasteiger partial charge >= 0.3 is 0 Å². The summed E-state index contributed by atoms with van der Waals surface area (Å²) in [5, 5.41) is 14.4. The molecule has 1 aromatic rings. The molecule has 3 amide bonds. The highest BCUT2D eigenvalue weighted by atomic mass is 16.5. The largest absolute Gasteiger partial charge is 0.388 e. The number of carbonyl (C=O) groups excluding carboxylic acids is 3. The molecule has 0 bridgehead atoms. The smallest absolute Gasteiger partial charge is 0.242 e. The Morgan fingerprint density at radius 1 is 1.16 bits per heavy atom. The van der Waals surface area contributed by atoms with Gasteiger partial charge in [0.25, 0.3) is 0 Å². The second-order valence-electron chi connectivity index (χ2n) is 8.74. The molecule has 3 aliphatic rings. The molecule has 2 N–H and O–H groups in total. The average Bonchev–Trinajstić information content (AvgIpc) is 3.20. The minimum absolute atomic E-state index is 0.00765. The lowest BCUT2D eigenvalue weighted by Gasteiger charge is -2.47. The number of amides is 3. The van der Waals surface area contributed by atoms with Crippen LogP contribution in [0.25, 0.3) is 0 Å². The molecule has 8 heteroatoms. The summed E-state index contributed by atoms with van der Waals surface area (Å²) in [4.78, 5) is 40.9. The number of hydrogen-bond acceptors (Lipinski definition) is 5. The molecule has 0 saturated carbocycles. The summed E-state index contributed by atoms with van der Waals surface area (Å²) >= 11 is 0. The molecule has 3 aliphatic heterocycles. The first-order chi connectivity index (χ1) is 15.0. The number of ether oxygens (including phenoxy) is 1. The second kappa shape index (κ2) is 9.36. The van der Waals surface area contributed by atoms with Crippen LogP contribution in [0.2, 0.25) is 0 Å². The summed E-state index contributed by atoms with van der Waals surface area (Å²) in [5.41, 5.74) is -0.110. The maximum Gasteiger partial charge on any atom is 0.242 e. The van der Waals surface area contributed by atoms with E-state index in [0.29, 0.717) is 52.0 Å². The standard InChI is InChI=1S/C23H31N3O5/c27-19-15-26(21(29)16-25-11-4-7-20(25)28)12-10-23(19,18-5-2-1-3-6-18)24-22(30)17-8-13-31-14-9-17/h1-3,5-6,17,19,27H,4,7-16H2,(H,24,30)/t19-,23-/m1/s1. The minimum Gasteiger partial charge on any atom is -0.388 e. The van der Waals surface area contributed by atoms with E-state index in [1.165, 1.54) is 0 Å². The number of aliphatic hydroxyl groups is 1. The fourth-order valence-corrected chi connectivity index (χ4v) is 4.87. The van der Waals surface area contributed by atoms with Gasteiger partial charge in [0, 0.05) is 45.2 Å². The number of aliphatic hydroxyl groups excluding tert-OH is 1. The zero-order valence-corrected chi connectivity index (χ0v) is 17.8. The topological polar surface area (TPSA) is 99.2 Å². The molecule has 4 rings (SSSR count). The number of piperidine rings is 1. The quantitative estimate of drug-likeness (QED) is 0.716. The highest BCUT2D eigenvalue weighted by molar-refractivity contribution is 5.86. The molecule has 168 valence electrons. The van der Waals surface area contributed by atoms with Gasteiger partial charge in [-0.3, -0.25) is 14.4 Å². The zero-order chi connectivity index (χ0) is 21.8. The molecule has 2 atom stereocenters.